The van der Waals surface area contributed by atoms with Crippen LogP contribution in [0.15, 0.2) is 35.9 Å². The highest BCUT2D eigenvalue weighted by Crippen LogP contribution is 2.23. The normalized spacial score (nSPS) is 11.3. The lowest BCUT2D eigenvalue weighted by molar-refractivity contribution is -0.138. The first-order valence-electron chi connectivity index (χ1n) is 6.81. The second-order valence-corrected chi connectivity index (χ2v) is 4.09. The molecule has 0 spiro atoms. The molecule has 0 heterocycles. The summed E-state index contributed by atoms with van der Waals surface area (Å²) in [5.41, 5.74) is 1.54. The van der Waals surface area contributed by atoms with Crippen LogP contribution >= 0.6 is 0 Å². The maximum atomic E-state index is 12.0. The lowest BCUT2D eigenvalue weighted by atomic mass is 10.1. The fourth-order valence-corrected chi connectivity index (χ4v) is 2.02. The van der Waals surface area contributed by atoms with Gasteiger partial charge < -0.3 is 9.64 Å². The van der Waals surface area contributed by atoms with Gasteiger partial charge >= 0.3 is 5.97 Å². The summed E-state index contributed by atoms with van der Waals surface area (Å²) in [7, 11) is 0. The van der Waals surface area contributed by atoms with Crippen LogP contribution in [0.4, 0.5) is 0 Å². The van der Waals surface area contributed by atoms with Crippen LogP contribution in [0.2, 0.25) is 0 Å². The van der Waals surface area contributed by atoms with Crippen LogP contribution in [0.1, 0.15) is 26.3 Å². The SMILES string of the molecule is CCOC(=O)/C(C#N)=C(/c1ccccc1)N(CC)CC. The van der Waals surface area contributed by atoms with Gasteiger partial charge in [0.05, 0.1) is 12.3 Å². The molecule has 1 aromatic rings. The summed E-state index contributed by atoms with van der Waals surface area (Å²) in [5.74, 6) is -0.569. The van der Waals surface area contributed by atoms with E-state index in [0.29, 0.717) is 18.8 Å². The summed E-state index contributed by atoms with van der Waals surface area (Å²) in [5, 5.41) is 9.36. The Hall–Kier alpha value is -2.28. The number of esters is 1. The first kappa shape index (κ1) is 15.8. The molecule has 0 saturated heterocycles. The number of ether oxygens (including phenoxy) is 1. The van der Waals surface area contributed by atoms with Crippen molar-refractivity contribution in [2.24, 2.45) is 0 Å². The molecule has 1 rings (SSSR count). The number of benzene rings is 1. The van der Waals surface area contributed by atoms with E-state index in [0.717, 1.165) is 5.56 Å². The number of nitriles is 1. The Balaban J connectivity index is 3.42. The highest BCUT2D eigenvalue weighted by atomic mass is 16.5. The molecule has 0 radical (unpaired) electrons. The van der Waals surface area contributed by atoms with Gasteiger partial charge in [0, 0.05) is 13.1 Å². The van der Waals surface area contributed by atoms with Crippen molar-refractivity contribution in [3.05, 3.63) is 41.5 Å². The van der Waals surface area contributed by atoms with Crippen molar-refractivity contribution in [2.45, 2.75) is 20.8 Å². The number of carbonyl (C=O) groups excluding carboxylic acids is 1. The third-order valence-corrected chi connectivity index (χ3v) is 2.96. The van der Waals surface area contributed by atoms with E-state index in [4.69, 9.17) is 4.74 Å². The highest BCUT2D eigenvalue weighted by Gasteiger charge is 2.21. The van der Waals surface area contributed by atoms with Gasteiger partial charge in [0.2, 0.25) is 0 Å². The standard InChI is InChI=1S/C16H20N2O2/c1-4-18(5-2)15(13-10-8-7-9-11-13)14(12-17)16(19)20-6-3/h7-11H,4-6H2,1-3H3/b15-14-. The summed E-state index contributed by atoms with van der Waals surface area (Å²) in [6.07, 6.45) is 0. The number of hydrogen-bond donors (Lipinski definition) is 0. The zero-order valence-corrected chi connectivity index (χ0v) is 12.2. The Morgan fingerprint density at radius 3 is 2.25 bits per heavy atom. The molecule has 20 heavy (non-hydrogen) atoms. The van der Waals surface area contributed by atoms with Crippen molar-refractivity contribution < 1.29 is 9.53 Å². The first-order valence-corrected chi connectivity index (χ1v) is 6.81. The Kier molecular flexibility index (Phi) is 6.31. The van der Waals surface area contributed by atoms with Crippen LogP contribution in [0, 0.1) is 11.3 Å². The average molecular weight is 272 g/mol. The quantitative estimate of drug-likeness (QED) is 0.454. The molecule has 0 bridgehead atoms. The topological polar surface area (TPSA) is 53.3 Å². The van der Waals surface area contributed by atoms with Crippen molar-refractivity contribution in [3.63, 3.8) is 0 Å². The largest absolute Gasteiger partial charge is 0.462 e. The van der Waals surface area contributed by atoms with E-state index in [1.165, 1.54) is 0 Å². The molecular formula is C16H20N2O2. The van der Waals surface area contributed by atoms with Crippen molar-refractivity contribution in [2.75, 3.05) is 19.7 Å². The van der Waals surface area contributed by atoms with Crippen LogP contribution in [0.25, 0.3) is 5.70 Å². The molecule has 4 heteroatoms. The molecule has 0 aliphatic carbocycles. The fraction of sp³-hybridized carbons (Fsp3) is 0.375. The summed E-state index contributed by atoms with van der Waals surface area (Å²) >= 11 is 0. The lowest BCUT2D eigenvalue weighted by Gasteiger charge is -2.25. The smallest absolute Gasteiger partial charge is 0.351 e. The third-order valence-electron chi connectivity index (χ3n) is 2.96. The van der Waals surface area contributed by atoms with Gasteiger partial charge in [0.15, 0.2) is 5.57 Å². The van der Waals surface area contributed by atoms with Crippen LogP contribution in [0.5, 0.6) is 0 Å². The Morgan fingerprint density at radius 1 is 1.20 bits per heavy atom. The summed E-state index contributed by atoms with van der Waals surface area (Å²) in [6.45, 7) is 7.40. The van der Waals surface area contributed by atoms with Gasteiger partial charge in [-0.1, -0.05) is 30.3 Å². The molecule has 0 N–H and O–H groups in total. The summed E-state index contributed by atoms with van der Waals surface area (Å²) in [6, 6.07) is 11.5. The molecule has 0 aromatic heterocycles. The predicted octanol–water partition coefficient (Wildman–Crippen LogP) is 2.83. The van der Waals surface area contributed by atoms with Crippen molar-refractivity contribution in [1.29, 1.82) is 5.26 Å². The van der Waals surface area contributed by atoms with Gasteiger partial charge in [-0.25, -0.2) is 4.79 Å². The summed E-state index contributed by atoms with van der Waals surface area (Å²) in [4.78, 5) is 14.0. The minimum Gasteiger partial charge on any atom is -0.462 e. The van der Waals surface area contributed by atoms with Crippen LogP contribution < -0.4 is 0 Å². The van der Waals surface area contributed by atoms with E-state index in [2.05, 4.69) is 0 Å². The minimum atomic E-state index is -0.569. The third kappa shape index (κ3) is 3.61. The lowest BCUT2D eigenvalue weighted by Crippen LogP contribution is -2.25. The maximum absolute atomic E-state index is 12.0. The van der Waals surface area contributed by atoms with Crippen LogP contribution in [0.3, 0.4) is 0 Å². The molecule has 106 valence electrons. The van der Waals surface area contributed by atoms with E-state index in [9.17, 15) is 10.1 Å². The van der Waals surface area contributed by atoms with E-state index < -0.39 is 5.97 Å². The molecule has 0 saturated carbocycles. The monoisotopic (exact) mass is 272 g/mol. The second kappa shape index (κ2) is 8.00. The maximum Gasteiger partial charge on any atom is 0.351 e. The van der Waals surface area contributed by atoms with Crippen LogP contribution in [-0.4, -0.2) is 30.6 Å². The van der Waals surface area contributed by atoms with E-state index >= 15 is 0 Å². The van der Waals surface area contributed by atoms with Crippen molar-refractivity contribution >= 4 is 11.7 Å². The fourth-order valence-electron chi connectivity index (χ4n) is 2.02. The molecule has 1 aromatic carbocycles. The molecule has 0 unspecified atom stereocenters. The van der Waals surface area contributed by atoms with Crippen molar-refractivity contribution in [3.8, 4) is 6.07 Å². The van der Waals surface area contributed by atoms with Gasteiger partial charge in [0.25, 0.3) is 0 Å². The van der Waals surface area contributed by atoms with E-state index in [1.54, 1.807) is 6.92 Å². The molecule has 0 amide bonds. The first-order chi connectivity index (χ1) is 9.69. The Morgan fingerprint density at radius 2 is 1.80 bits per heavy atom. The predicted molar refractivity (Wildman–Crippen MR) is 78.5 cm³/mol. The number of hydrogen-bond acceptors (Lipinski definition) is 4. The Bertz CT molecular complexity index is 511. The zero-order chi connectivity index (χ0) is 15.0. The Labute approximate surface area is 120 Å². The molecular weight excluding hydrogens is 252 g/mol. The zero-order valence-electron chi connectivity index (χ0n) is 12.2. The number of nitrogens with zero attached hydrogens (tertiary/aromatic N) is 2. The van der Waals surface area contributed by atoms with Crippen LogP contribution in [-0.2, 0) is 9.53 Å². The van der Waals surface area contributed by atoms with E-state index in [1.807, 2.05) is 55.1 Å². The van der Waals surface area contributed by atoms with Gasteiger partial charge in [-0.2, -0.15) is 5.26 Å². The molecule has 0 atom stereocenters. The highest BCUT2D eigenvalue weighted by molar-refractivity contribution is 6.01. The average Bonchev–Trinajstić information content (AvgIpc) is 2.48. The minimum absolute atomic E-state index is 0.0572. The second-order valence-electron chi connectivity index (χ2n) is 4.09. The van der Waals surface area contributed by atoms with Crippen molar-refractivity contribution in [1.82, 2.24) is 4.90 Å². The number of rotatable bonds is 6. The van der Waals surface area contributed by atoms with E-state index in [-0.39, 0.29) is 12.2 Å². The van der Waals surface area contributed by atoms with Gasteiger partial charge in [-0.3, -0.25) is 0 Å². The molecule has 0 aliphatic rings. The van der Waals surface area contributed by atoms with Gasteiger partial charge in [-0.15, -0.1) is 0 Å². The summed E-state index contributed by atoms with van der Waals surface area (Å²) < 4.78 is 4.99. The molecule has 0 fully saturated rings. The van der Waals surface area contributed by atoms with Gasteiger partial charge in [-0.05, 0) is 26.3 Å². The van der Waals surface area contributed by atoms with Gasteiger partial charge in [0.1, 0.15) is 6.07 Å². The number of carbonyl (C=O) groups is 1. The molecule has 0 aliphatic heterocycles. The molecule has 4 nitrogen and oxygen atoms in total.